The molecule has 0 unspecified atom stereocenters. The van der Waals surface area contributed by atoms with Gasteiger partial charge in [-0.2, -0.15) is 18.2 Å². The van der Waals surface area contributed by atoms with Crippen LogP contribution in [-0.4, -0.2) is 14.1 Å². The molecule has 3 heterocycles. The molecule has 0 bridgehead atoms. The van der Waals surface area contributed by atoms with E-state index in [1.165, 1.54) is 5.56 Å². The normalized spacial score (nSPS) is 13.6. The molecule has 0 atom stereocenters. The van der Waals surface area contributed by atoms with Crippen molar-refractivity contribution in [3.05, 3.63) is 261 Å². The van der Waals surface area contributed by atoms with E-state index in [-0.39, 0.29) is 54.4 Å². The van der Waals surface area contributed by atoms with Gasteiger partial charge in [-0.25, -0.2) is 4.98 Å². The van der Waals surface area contributed by atoms with Crippen molar-refractivity contribution in [3.8, 4) is 95.5 Å². The number of hydrogen-bond acceptors (Lipinski definition) is 2. The third-order valence-electron chi connectivity index (χ3n) is 14.1. The second-order valence-corrected chi connectivity index (χ2v) is 19.6. The molecule has 3 aromatic heterocycles. The van der Waals surface area contributed by atoms with Crippen LogP contribution in [0.5, 0.6) is 11.5 Å². The van der Waals surface area contributed by atoms with E-state index in [0.29, 0.717) is 28.2 Å². The standard InChI is InChI=1S/C70H48N4O.Pt/c1-70(2,3)48-38-39-71-68(40-48)74-66-42-51(36-37-60(66)63-43-61-58-30-14-12-28-56(58)54-26-10-11-27-55(54)57-29-13-15-31-59(57)62(61)44-67(63)74)75-50-25-18-24-49(41-50)72-45-73(65-35-17-16-34-64(65)72)69-52(46-20-6-4-7-21-46)32-19-33-53(69)47-22-8-5-9-23-47;/h4-40,43-44H,1-3H3;/q-2;/i4D,5D,6D,7D,8D,9D,20D,21D,22D,23D;. The van der Waals surface area contributed by atoms with Crippen LogP contribution in [0.15, 0.2) is 236 Å². The number of hydrogen-bond donors (Lipinski definition) is 0. The predicted octanol–water partition coefficient (Wildman–Crippen LogP) is 17.2. The fourth-order valence-electron chi connectivity index (χ4n) is 10.7. The third-order valence-corrected chi connectivity index (χ3v) is 14.1. The van der Waals surface area contributed by atoms with Crippen LogP contribution in [0.1, 0.15) is 40.0 Å². The molecule has 1 aliphatic rings. The zero-order valence-electron chi connectivity index (χ0n) is 51.3. The summed E-state index contributed by atoms with van der Waals surface area (Å²) in [5.74, 6) is 1.48. The molecule has 0 saturated heterocycles. The Morgan fingerprint density at radius 3 is 1.66 bits per heavy atom. The van der Waals surface area contributed by atoms with Gasteiger partial charge in [-0.3, -0.25) is 4.57 Å². The van der Waals surface area contributed by atoms with Crippen molar-refractivity contribution in [2.24, 2.45) is 0 Å². The maximum absolute atomic E-state index is 9.10. The maximum Gasteiger partial charge on any atom is 0.268 e. The third kappa shape index (κ3) is 7.89. The van der Waals surface area contributed by atoms with Gasteiger partial charge in [-0.15, -0.1) is 29.7 Å². The molecule has 0 aliphatic heterocycles. The van der Waals surface area contributed by atoms with Crippen LogP contribution in [-0.2, 0) is 26.5 Å². The Hall–Kier alpha value is -8.89. The fraction of sp³-hybridized carbons (Fsp3) is 0.0571. The molecule has 0 saturated carbocycles. The smallest absolute Gasteiger partial charge is 0.268 e. The molecular weight excluding hydrogens is 1110 g/mol. The molecule has 0 spiro atoms. The van der Waals surface area contributed by atoms with Gasteiger partial charge in [-0.1, -0.05) is 208 Å². The van der Waals surface area contributed by atoms with Crippen LogP contribution < -0.4 is 9.30 Å². The van der Waals surface area contributed by atoms with Gasteiger partial charge in [0.25, 0.3) is 6.33 Å². The Labute approximate surface area is 470 Å². The van der Waals surface area contributed by atoms with Crippen molar-refractivity contribution in [1.82, 2.24) is 14.1 Å². The van der Waals surface area contributed by atoms with Crippen LogP contribution >= 0.6 is 0 Å². The van der Waals surface area contributed by atoms with E-state index in [4.69, 9.17) is 23.4 Å². The van der Waals surface area contributed by atoms with Crippen LogP contribution in [0.4, 0.5) is 0 Å². The van der Waals surface area contributed by atoms with Gasteiger partial charge >= 0.3 is 0 Å². The molecule has 0 fully saturated rings. The minimum atomic E-state index is -0.577. The molecular formula is C70H48N4OPt-2. The van der Waals surface area contributed by atoms with E-state index in [1.54, 1.807) is 33.4 Å². The van der Waals surface area contributed by atoms with Gasteiger partial charge in [0.1, 0.15) is 5.82 Å². The van der Waals surface area contributed by atoms with Crippen LogP contribution in [0, 0.1) is 18.5 Å². The largest absolute Gasteiger partial charge is 0.510 e. The van der Waals surface area contributed by atoms with Crippen LogP contribution in [0.3, 0.4) is 0 Å². The van der Waals surface area contributed by atoms with E-state index in [0.717, 1.165) is 72.1 Å². The average Bonchev–Trinajstić information content (AvgIpc) is 1.51. The molecule has 14 rings (SSSR count). The van der Waals surface area contributed by atoms with Crippen LogP contribution in [0.2, 0.25) is 0 Å². The molecule has 0 radical (unpaired) electrons. The number of para-hydroxylation sites is 3. The Morgan fingerprint density at radius 1 is 0.500 bits per heavy atom. The fourth-order valence-corrected chi connectivity index (χ4v) is 10.7. The second kappa shape index (κ2) is 18.8. The number of rotatable bonds is 7. The summed E-state index contributed by atoms with van der Waals surface area (Å²) < 4.78 is 100. The molecule has 0 N–H and O–H groups in total. The summed E-state index contributed by atoms with van der Waals surface area (Å²) in [6.07, 6.45) is 5.31. The van der Waals surface area contributed by atoms with Crippen molar-refractivity contribution in [3.63, 3.8) is 0 Å². The first-order valence-corrected chi connectivity index (χ1v) is 24.7. The monoisotopic (exact) mass is 1170 g/mol. The van der Waals surface area contributed by atoms with E-state index in [2.05, 4.69) is 147 Å². The molecule has 1 aliphatic carbocycles. The van der Waals surface area contributed by atoms with Gasteiger partial charge in [0.2, 0.25) is 0 Å². The summed E-state index contributed by atoms with van der Waals surface area (Å²) >= 11 is 0. The first-order chi connectivity index (χ1) is 41.0. The zero-order valence-corrected chi connectivity index (χ0v) is 43.5. The number of pyridine rings is 1. The summed E-state index contributed by atoms with van der Waals surface area (Å²) in [6.45, 7) is 6.57. The van der Waals surface area contributed by atoms with Crippen molar-refractivity contribution in [2.45, 2.75) is 26.2 Å². The van der Waals surface area contributed by atoms with Gasteiger partial charge in [-0.05, 0) is 107 Å². The second-order valence-electron chi connectivity index (χ2n) is 19.6. The Balaban J connectivity index is 0.00000686. The van der Waals surface area contributed by atoms with Gasteiger partial charge in [0.05, 0.1) is 30.4 Å². The summed E-state index contributed by atoms with van der Waals surface area (Å²) in [5, 5.41) is 1.96. The van der Waals surface area contributed by atoms with Gasteiger partial charge in [0, 0.05) is 44.3 Å². The number of nitrogens with zero attached hydrogens (tertiary/aromatic N) is 4. The van der Waals surface area contributed by atoms with E-state index < -0.39 is 60.4 Å². The number of benzene rings is 10. The zero-order chi connectivity index (χ0) is 58.9. The Kier molecular flexibility index (Phi) is 9.13. The quantitative estimate of drug-likeness (QED) is 0.118. The van der Waals surface area contributed by atoms with Crippen LogP contribution in [0.25, 0.3) is 117 Å². The summed E-state index contributed by atoms with van der Waals surface area (Å²) in [7, 11) is 0. The Bertz CT molecular complexity index is 4860. The van der Waals surface area contributed by atoms with Crippen molar-refractivity contribution < 1.29 is 44.1 Å². The molecule has 13 aromatic rings. The van der Waals surface area contributed by atoms with E-state index >= 15 is 0 Å². The molecule has 76 heavy (non-hydrogen) atoms. The first kappa shape index (κ1) is 36.9. The predicted molar refractivity (Wildman–Crippen MR) is 305 cm³/mol. The SMILES string of the molecule is [2H]c1c([2H])c([2H])c(-c2cccc(-c3c([2H])c([2H])c([2H])c([2H])c3[2H])c2-[n+]2[c-]n(-c3[c-]c(Oc4[c-]c5c(cc4)c4cc6c(cc4n5-c4cc(C(C)(C)C)ccn4)-c4ccccc4-c4ccccc4-c4ccccc4-6)ccc3)c3ccccc32)c([2H])c1[2H].[Pt]. The summed E-state index contributed by atoms with van der Waals surface area (Å²) in [4.78, 5) is 5.05. The number of aromatic nitrogens is 4. The summed E-state index contributed by atoms with van der Waals surface area (Å²) in [6, 6.07) is 58.0. The summed E-state index contributed by atoms with van der Waals surface area (Å²) in [5.41, 5.74) is 13.4. The molecule has 5 nitrogen and oxygen atoms in total. The van der Waals surface area contributed by atoms with Crippen molar-refractivity contribution in [2.75, 3.05) is 0 Å². The van der Waals surface area contributed by atoms with Gasteiger partial charge < -0.3 is 13.9 Å². The average molecular weight is 1170 g/mol. The number of fused-ring (bicyclic) bond motifs is 12. The molecule has 0 amide bonds. The molecule has 366 valence electrons. The minimum Gasteiger partial charge on any atom is -0.510 e. The van der Waals surface area contributed by atoms with Crippen molar-refractivity contribution >= 4 is 32.8 Å². The number of ether oxygens (including phenoxy) is 1. The van der Waals surface area contributed by atoms with Gasteiger partial charge in [0.15, 0.2) is 0 Å². The molecule has 6 heteroatoms. The van der Waals surface area contributed by atoms with Crippen molar-refractivity contribution in [1.29, 1.82) is 0 Å². The maximum atomic E-state index is 9.10. The molecule has 10 aromatic carbocycles. The van der Waals surface area contributed by atoms with E-state index in [1.807, 2.05) is 48.7 Å². The Morgan fingerprint density at radius 2 is 1.04 bits per heavy atom. The number of imidazole rings is 1. The van der Waals surface area contributed by atoms with E-state index in [9.17, 15) is 0 Å². The first-order valence-electron chi connectivity index (χ1n) is 29.7. The minimum absolute atomic E-state index is 0. The topological polar surface area (TPSA) is 35.9 Å².